The zero-order valence-corrected chi connectivity index (χ0v) is 8.28. The van der Waals surface area contributed by atoms with Gasteiger partial charge in [-0.15, -0.1) is 23.1 Å². The molecule has 0 saturated heterocycles. The van der Waals surface area contributed by atoms with Gasteiger partial charge in [0, 0.05) is 0 Å². The summed E-state index contributed by atoms with van der Waals surface area (Å²) in [5, 5.41) is 3.91. The van der Waals surface area contributed by atoms with Gasteiger partial charge >= 0.3 is 6.03 Å². The molecule has 0 fully saturated rings. The van der Waals surface area contributed by atoms with Gasteiger partial charge < -0.3 is 5.73 Å². The molecule has 0 aliphatic rings. The number of hydrogen-bond acceptors (Lipinski definition) is 4. The van der Waals surface area contributed by atoms with Crippen molar-refractivity contribution in [2.24, 2.45) is 5.73 Å². The lowest BCUT2D eigenvalue weighted by Gasteiger charge is -1.98. The van der Waals surface area contributed by atoms with Gasteiger partial charge in [0.1, 0.15) is 0 Å². The van der Waals surface area contributed by atoms with Crippen LogP contribution >= 0.6 is 23.1 Å². The van der Waals surface area contributed by atoms with Crippen molar-refractivity contribution in [2.45, 2.75) is 4.21 Å². The predicted octanol–water partition coefficient (Wildman–Crippen LogP) is 1.04. The second-order valence-corrected chi connectivity index (χ2v) is 4.36. The summed E-state index contributed by atoms with van der Waals surface area (Å²) < 4.78 is 1.04. The molecule has 4 nitrogen and oxygen atoms in total. The maximum absolute atomic E-state index is 10.9. The lowest BCUT2D eigenvalue weighted by Crippen LogP contribution is -2.36. The van der Waals surface area contributed by atoms with Gasteiger partial charge in [0.25, 0.3) is 0 Å². The molecule has 0 aliphatic carbocycles. The smallest absolute Gasteiger partial charge is 0.318 e. The van der Waals surface area contributed by atoms with Crippen LogP contribution in [0.15, 0.2) is 21.7 Å². The van der Waals surface area contributed by atoms with Crippen LogP contribution in [0.4, 0.5) is 4.79 Å². The molecule has 1 heterocycles. The molecule has 13 heavy (non-hydrogen) atoms. The molecule has 1 rings (SSSR count). The van der Waals surface area contributed by atoms with Crippen molar-refractivity contribution in [1.82, 2.24) is 5.32 Å². The fraction of sp³-hybridized carbons (Fsp3) is 0.143. The number of thiophene rings is 1. The normalized spacial score (nSPS) is 9.54. The van der Waals surface area contributed by atoms with E-state index in [1.54, 1.807) is 11.3 Å². The van der Waals surface area contributed by atoms with Gasteiger partial charge in [-0.1, -0.05) is 6.07 Å². The number of urea groups is 1. The minimum Gasteiger partial charge on any atom is -0.351 e. The highest BCUT2D eigenvalue weighted by atomic mass is 32.2. The number of carbonyl (C=O) groups excluding carboxylic acids is 2. The third kappa shape index (κ3) is 3.95. The molecule has 1 aromatic heterocycles. The highest BCUT2D eigenvalue weighted by molar-refractivity contribution is 8.01. The number of thioether (sulfide) groups is 1. The highest BCUT2D eigenvalue weighted by Gasteiger charge is 2.04. The van der Waals surface area contributed by atoms with Crippen molar-refractivity contribution in [3.8, 4) is 0 Å². The summed E-state index contributed by atoms with van der Waals surface area (Å²) in [6.07, 6.45) is 0. The zero-order chi connectivity index (χ0) is 9.68. The summed E-state index contributed by atoms with van der Waals surface area (Å²) in [5.41, 5.74) is 4.76. The van der Waals surface area contributed by atoms with Crippen LogP contribution in [0.3, 0.4) is 0 Å². The van der Waals surface area contributed by atoms with Gasteiger partial charge in [-0.05, 0) is 11.4 Å². The monoisotopic (exact) mass is 216 g/mol. The predicted molar refractivity (Wildman–Crippen MR) is 52.8 cm³/mol. The maximum Gasteiger partial charge on any atom is 0.318 e. The number of rotatable bonds is 3. The first-order valence-electron chi connectivity index (χ1n) is 3.44. The van der Waals surface area contributed by atoms with Crippen molar-refractivity contribution in [3.63, 3.8) is 0 Å². The Balaban J connectivity index is 2.27. The van der Waals surface area contributed by atoms with Crippen LogP contribution < -0.4 is 11.1 Å². The van der Waals surface area contributed by atoms with Gasteiger partial charge in [-0.25, -0.2) is 4.79 Å². The number of amides is 3. The molecule has 3 N–H and O–H groups in total. The van der Waals surface area contributed by atoms with Crippen LogP contribution in [0.2, 0.25) is 0 Å². The largest absolute Gasteiger partial charge is 0.351 e. The number of primary amides is 1. The SMILES string of the molecule is NC(=O)NC(=O)CSc1cccs1. The number of nitrogens with one attached hydrogen (secondary N) is 1. The molecule has 0 aliphatic heterocycles. The Bertz CT molecular complexity index is 297. The standard InChI is InChI=1S/C7H8N2O2S2/c8-7(11)9-5(10)4-13-6-2-1-3-12-6/h1-3H,4H2,(H3,8,9,10,11). The molecule has 0 unspecified atom stereocenters. The molecule has 0 radical (unpaired) electrons. The zero-order valence-electron chi connectivity index (χ0n) is 6.65. The van der Waals surface area contributed by atoms with Crippen molar-refractivity contribution in [3.05, 3.63) is 17.5 Å². The summed E-state index contributed by atoms with van der Waals surface area (Å²) in [6.45, 7) is 0. The van der Waals surface area contributed by atoms with Crippen LogP contribution in [0, 0.1) is 0 Å². The molecule has 70 valence electrons. The Labute approximate surface area is 83.5 Å². The molecule has 0 atom stereocenters. The van der Waals surface area contributed by atoms with Crippen LogP contribution in [0.1, 0.15) is 0 Å². The van der Waals surface area contributed by atoms with Crippen molar-refractivity contribution in [1.29, 1.82) is 0 Å². The fourth-order valence-corrected chi connectivity index (χ4v) is 2.24. The van der Waals surface area contributed by atoms with E-state index in [1.165, 1.54) is 11.8 Å². The van der Waals surface area contributed by atoms with E-state index in [2.05, 4.69) is 0 Å². The molecule has 0 spiro atoms. The van der Waals surface area contributed by atoms with E-state index in [9.17, 15) is 9.59 Å². The van der Waals surface area contributed by atoms with Crippen LogP contribution in [-0.4, -0.2) is 17.7 Å². The Hall–Kier alpha value is -1.01. The fourth-order valence-electron chi connectivity index (χ4n) is 0.656. The van der Waals surface area contributed by atoms with Gasteiger partial charge in [-0.3, -0.25) is 10.1 Å². The molecule has 0 aromatic carbocycles. The van der Waals surface area contributed by atoms with Gasteiger partial charge in [-0.2, -0.15) is 0 Å². The van der Waals surface area contributed by atoms with E-state index in [4.69, 9.17) is 5.73 Å². The average Bonchev–Trinajstić information content (AvgIpc) is 2.51. The second kappa shape index (κ2) is 4.88. The second-order valence-electron chi connectivity index (χ2n) is 2.13. The van der Waals surface area contributed by atoms with E-state index in [0.29, 0.717) is 0 Å². The topological polar surface area (TPSA) is 72.2 Å². The molecule has 3 amide bonds. The van der Waals surface area contributed by atoms with Crippen molar-refractivity contribution >= 4 is 35.0 Å². The number of imide groups is 1. The minimum absolute atomic E-state index is 0.212. The van der Waals surface area contributed by atoms with E-state index in [1.807, 2.05) is 22.8 Å². The van der Waals surface area contributed by atoms with Crippen LogP contribution in [0.25, 0.3) is 0 Å². The lowest BCUT2D eigenvalue weighted by molar-refractivity contribution is -0.117. The van der Waals surface area contributed by atoms with Gasteiger partial charge in [0.15, 0.2) is 0 Å². The molecule has 0 bridgehead atoms. The Kier molecular flexibility index (Phi) is 3.78. The van der Waals surface area contributed by atoms with E-state index >= 15 is 0 Å². The minimum atomic E-state index is -0.809. The first kappa shape index (κ1) is 10.1. The summed E-state index contributed by atoms with van der Waals surface area (Å²) >= 11 is 2.93. The van der Waals surface area contributed by atoms with Crippen molar-refractivity contribution < 1.29 is 9.59 Å². The third-order valence-corrected chi connectivity index (χ3v) is 3.23. The van der Waals surface area contributed by atoms with Gasteiger partial charge in [0.2, 0.25) is 5.91 Å². The molecular weight excluding hydrogens is 208 g/mol. The Morgan fingerprint density at radius 2 is 2.38 bits per heavy atom. The van der Waals surface area contributed by atoms with Crippen LogP contribution in [-0.2, 0) is 4.79 Å². The molecule has 1 aromatic rings. The average molecular weight is 216 g/mol. The van der Waals surface area contributed by atoms with E-state index < -0.39 is 6.03 Å². The van der Waals surface area contributed by atoms with Gasteiger partial charge in [0.05, 0.1) is 9.96 Å². The molecule has 0 saturated carbocycles. The van der Waals surface area contributed by atoms with Crippen LogP contribution in [0.5, 0.6) is 0 Å². The summed E-state index contributed by atoms with van der Waals surface area (Å²) in [4.78, 5) is 21.2. The summed E-state index contributed by atoms with van der Waals surface area (Å²) in [7, 11) is 0. The third-order valence-electron chi connectivity index (χ3n) is 1.10. The summed E-state index contributed by atoms with van der Waals surface area (Å²) in [6, 6.07) is 3.00. The van der Waals surface area contributed by atoms with E-state index in [-0.39, 0.29) is 11.7 Å². The first-order valence-corrected chi connectivity index (χ1v) is 5.30. The Morgan fingerprint density at radius 1 is 1.62 bits per heavy atom. The number of carbonyl (C=O) groups is 2. The van der Waals surface area contributed by atoms with Crippen molar-refractivity contribution in [2.75, 3.05) is 5.75 Å². The quantitative estimate of drug-likeness (QED) is 0.741. The molecule has 6 heteroatoms. The number of nitrogens with two attached hydrogens (primary N) is 1. The lowest BCUT2D eigenvalue weighted by atomic mass is 10.7. The first-order chi connectivity index (χ1) is 6.18. The Morgan fingerprint density at radius 3 is 2.92 bits per heavy atom. The maximum atomic E-state index is 10.9. The molecular formula is C7H8N2O2S2. The summed E-state index contributed by atoms with van der Waals surface area (Å²) in [5.74, 6) is -0.158. The highest BCUT2D eigenvalue weighted by Crippen LogP contribution is 2.22. The number of hydrogen-bond donors (Lipinski definition) is 2. The van der Waals surface area contributed by atoms with E-state index in [0.717, 1.165) is 4.21 Å².